The Bertz CT molecular complexity index is 1890. The lowest BCUT2D eigenvalue weighted by atomic mass is 10.1. The van der Waals surface area contributed by atoms with Crippen molar-refractivity contribution in [3.8, 4) is 11.1 Å². The van der Waals surface area contributed by atoms with E-state index >= 15 is 4.39 Å². The molecule has 1 aliphatic rings. The zero-order valence-corrected chi connectivity index (χ0v) is 26.6. The van der Waals surface area contributed by atoms with Crippen LogP contribution in [0.25, 0.3) is 22.2 Å². The standard InChI is InChI=1S/C31H35F4N7O3S/c1-19-16-41(17-20(2)37-19)27-10-7-23(14-26(27)32)38-30-36-15-22-13-25(29(43)42(28(22)39-30)18-31(33,34)35)21-5-8-24(9-6-21)46(44,45)12-11-40(3)4/h5-10,13-15,19-20,37H,11-12,16-18H2,1-4H3,(H,36,38,39)/t19-,20+. The molecule has 46 heavy (non-hydrogen) atoms. The van der Waals surface area contributed by atoms with Crippen molar-refractivity contribution in [3.63, 3.8) is 0 Å². The van der Waals surface area contributed by atoms with Gasteiger partial charge >= 0.3 is 6.18 Å². The van der Waals surface area contributed by atoms with Gasteiger partial charge in [0.2, 0.25) is 5.95 Å². The summed E-state index contributed by atoms with van der Waals surface area (Å²) in [7, 11) is -0.108. The monoisotopic (exact) mass is 661 g/mol. The van der Waals surface area contributed by atoms with Crippen LogP contribution in [0.5, 0.6) is 0 Å². The fraction of sp³-hybridized carbons (Fsp3) is 0.387. The van der Waals surface area contributed by atoms with Gasteiger partial charge < -0.3 is 20.4 Å². The SMILES string of the molecule is C[C@@H]1CN(c2ccc(Nc3ncc4cc(-c5ccc(S(=O)(=O)CCN(C)C)cc5)c(=O)n(CC(F)(F)F)c4n3)cc2F)C[C@H](C)N1. The van der Waals surface area contributed by atoms with E-state index in [0.29, 0.717) is 29.9 Å². The number of pyridine rings is 1. The van der Waals surface area contributed by atoms with Crippen LogP contribution in [0.4, 0.5) is 34.9 Å². The van der Waals surface area contributed by atoms with Crippen LogP contribution >= 0.6 is 0 Å². The number of fused-ring (bicyclic) bond motifs is 1. The summed E-state index contributed by atoms with van der Waals surface area (Å²) in [6.45, 7) is 3.98. The Morgan fingerprint density at radius 3 is 2.33 bits per heavy atom. The highest BCUT2D eigenvalue weighted by Crippen LogP contribution is 2.28. The minimum absolute atomic E-state index is 0.0371. The Morgan fingerprint density at radius 1 is 1.04 bits per heavy atom. The van der Waals surface area contributed by atoms with Crippen LogP contribution in [0.1, 0.15) is 13.8 Å². The number of benzene rings is 2. The van der Waals surface area contributed by atoms with E-state index in [1.165, 1.54) is 42.6 Å². The number of piperazine rings is 1. The van der Waals surface area contributed by atoms with Crippen LogP contribution in [0.15, 0.2) is 64.4 Å². The summed E-state index contributed by atoms with van der Waals surface area (Å²) in [5.74, 6) is -0.728. The third kappa shape index (κ3) is 7.65. The largest absolute Gasteiger partial charge is 0.406 e. The second kappa shape index (κ2) is 13.0. The lowest BCUT2D eigenvalue weighted by Gasteiger charge is -2.37. The van der Waals surface area contributed by atoms with Gasteiger partial charge in [0.15, 0.2) is 9.84 Å². The van der Waals surface area contributed by atoms with Crippen LogP contribution in [0.2, 0.25) is 0 Å². The van der Waals surface area contributed by atoms with Crippen molar-refractivity contribution in [3.05, 3.63) is 70.9 Å². The van der Waals surface area contributed by atoms with E-state index in [0.717, 1.165) is 0 Å². The number of hydrogen-bond donors (Lipinski definition) is 2. The molecular formula is C31H35F4N7O3S. The van der Waals surface area contributed by atoms with Gasteiger partial charge in [-0.05, 0) is 69.9 Å². The number of anilines is 3. The predicted molar refractivity (Wildman–Crippen MR) is 170 cm³/mol. The van der Waals surface area contributed by atoms with E-state index in [1.54, 1.807) is 31.1 Å². The lowest BCUT2D eigenvalue weighted by Crippen LogP contribution is -2.54. The molecule has 0 radical (unpaired) electrons. The maximum atomic E-state index is 15.2. The average molecular weight is 662 g/mol. The van der Waals surface area contributed by atoms with Crippen molar-refractivity contribution in [1.29, 1.82) is 0 Å². The zero-order valence-electron chi connectivity index (χ0n) is 25.8. The summed E-state index contributed by atoms with van der Waals surface area (Å²) in [6.07, 6.45) is -3.48. The second-order valence-electron chi connectivity index (χ2n) is 11.8. The van der Waals surface area contributed by atoms with Crippen molar-refractivity contribution in [2.24, 2.45) is 0 Å². The molecule has 246 valence electrons. The minimum atomic E-state index is -4.75. The molecule has 15 heteroatoms. The molecule has 1 fully saturated rings. The number of hydrogen-bond acceptors (Lipinski definition) is 9. The van der Waals surface area contributed by atoms with Gasteiger partial charge in [-0.3, -0.25) is 9.36 Å². The molecule has 4 aromatic rings. The first-order chi connectivity index (χ1) is 21.6. The number of nitrogens with zero attached hydrogens (tertiary/aromatic N) is 5. The van der Waals surface area contributed by atoms with Gasteiger partial charge in [-0.2, -0.15) is 18.2 Å². The minimum Gasteiger partial charge on any atom is -0.366 e. The van der Waals surface area contributed by atoms with E-state index in [2.05, 4.69) is 20.6 Å². The normalized spacial score (nSPS) is 17.5. The number of alkyl halides is 3. The molecular weight excluding hydrogens is 626 g/mol. The molecule has 10 nitrogen and oxygen atoms in total. The average Bonchev–Trinajstić information content (AvgIpc) is 2.97. The Kier molecular flexibility index (Phi) is 9.38. The molecule has 0 aliphatic carbocycles. The van der Waals surface area contributed by atoms with Gasteiger partial charge in [0.25, 0.3) is 5.56 Å². The first-order valence-electron chi connectivity index (χ1n) is 14.6. The first-order valence-corrected chi connectivity index (χ1v) is 16.3. The van der Waals surface area contributed by atoms with Crippen molar-refractivity contribution in [2.45, 2.75) is 43.5 Å². The highest BCUT2D eigenvalue weighted by molar-refractivity contribution is 7.91. The Balaban J connectivity index is 1.47. The maximum Gasteiger partial charge on any atom is 0.406 e. The van der Waals surface area contributed by atoms with Crippen LogP contribution in [0.3, 0.4) is 0 Å². The molecule has 2 atom stereocenters. The predicted octanol–water partition coefficient (Wildman–Crippen LogP) is 4.43. The molecule has 1 aliphatic heterocycles. The number of sulfone groups is 1. The summed E-state index contributed by atoms with van der Waals surface area (Å²) in [4.78, 5) is 25.6. The first kappa shape index (κ1) is 33.3. The fourth-order valence-electron chi connectivity index (χ4n) is 5.51. The van der Waals surface area contributed by atoms with Crippen LogP contribution < -0.4 is 21.1 Å². The van der Waals surface area contributed by atoms with E-state index in [-0.39, 0.29) is 56.5 Å². The van der Waals surface area contributed by atoms with E-state index in [4.69, 9.17) is 0 Å². The van der Waals surface area contributed by atoms with Crippen molar-refractivity contribution < 1.29 is 26.0 Å². The van der Waals surface area contributed by atoms with Gasteiger partial charge in [0.05, 0.1) is 16.3 Å². The summed E-state index contributed by atoms with van der Waals surface area (Å²) in [6, 6.07) is 11.7. The number of aromatic nitrogens is 3. The molecule has 0 saturated carbocycles. The summed E-state index contributed by atoms with van der Waals surface area (Å²) in [5, 5.41) is 6.37. The fourth-order valence-corrected chi connectivity index (χ4v) is 6.90. The van der Waals surface area contributed by atoms with Crippen molar-refractivity contribution in [2.75, 3.05) is 49.7 Å². The van der Waals surface area contributed by atoms with Gasteiger partial charge in [0, 0.05) is 54.6 Å². The zero-order chi connectivity index (χ0) is 33.4. The highest BCUT2D eigenvalue weighted by atomic mass is 32.2. The molecule has 1 saturated heterocycles. The maximum absolute atomic E-state index is 15.2. The molecule has 0 spiro atoms. The molecule has 0 unspecified atom stereocenters. The smallest absolute Gasteiger partial charge is 0.366 e. The van der Waals surface area contributed by atoms with E-state index in [1.807, 2.05) is 18.7 Å². The third-order valence-electron chi connectivity index (χ3n) is 7.60. The van der Waals surface area contributed by atoms with Crippen LogP contribution in [-0.4, -0.2) is 85.6 Å². The molecule has 5 rings (SSSR count). The topological polar surface area (TPSA) is 112 Å². The molecule has 2 N–H and O–H groups in total. The van der Waals surface area contributed by atoms with Crippen LogP contribution in [-0.2, 0) is 16.4 Å². The van der Waals surface area contributed by atoms with Gasteiger partial charge in [-0.1, -0.05) is 12.1 Å². The summed E-state index contributed by atoms with van der Waals surface area (Å²) < 4.78 is 82.1. The Hall–Kier alpha value is -4.08. The molecule has 3 heterocycles. The number of nitrogens with one attached hydrogen (secondary N) is 2. The molecule has 2 aromatic heterocycles. The van der Waals surface area contributed by atoms with Crippen molar-refractivity contribution >= 4 is 38.2 Å². The third-order valence-corrected chi connectivity index (χ3v) is 9.31. The summed E-state index contributed by atoms with van der Waals surface area (Å²) in [5.41, 5.74) is -0.373. The Morgan fingerprint density at radius 2 is 1.72 bits per heavy atom. The highest BCUT2D eigenvalue weighted by Gasteiger charge is 2.31. The van der Waals surface area contributed by atoms with Gasteiger partial charge in [-0.15, -0.1) is 0 Å². The number of halogens is 4. The van der Waals surface area contributed by atoms with E-state index < -0.39 is 33.9 Å². The molecule has 0 bridgehead atoms. The molecule has 0 amide bonds. The lowest BCUT2D eigenvalue weighted by molar-refractivity contribution is -0.140. The van der Waals surface area contributed by atoms with Gasteiger partial charge in [-0.25, -0.2) is 17.8 Å². The molecule has 2 aromatic carbocycles. The van der Waals surface area contributed by atoms with E-state index in [9.17, 15) is 26.4 Å². The Labute approximate surface area is 264 Å². The van der Waals surface area contributed by atoms with Gasteiger partial charge in [0.1, 0.15) is 18.0 Å². The quantitative estimate of drug-likeness (QED) is 0.252. The van der Waals surface area contributed by atoms with Crippen molar-refractivity contribution in [1.82, 2.24) is 24.8 Å². The number of rotatable bonds is 9. The second-order valence-corrected chi connectivity index (χ2v) is 14.0. The van der Waals surface area contributed by atoms with Crippen LogP contribution in [0, 0.1) is 5.82 Å². The summed E-state index contributed by atoms with van der Waals surface area (Å²) >= 11 is 0.